The first-order chi connectivity index (χ1) is 18.0. The molecule has 0 aliphatic carbocycles. The molecule has 6 heteroatoms. The van der Waals surface area contributed by atoms with E-state index in [1.807, 2.05) is 49.4 Å². The average Bonchev–Trinajstić information content (AvgIpc) is 2.93. The van der Waals surface area contributed by atoms with Crippen LogP contribution < -0.4 is 5.56 Å². The van der Waals surface area contributed by atoms with Gasteiger partial charge in [-0.1, -0.05) is 63.4 Å². The third kappa shape index (κ3) is 5.63. The molecule has 4 aromatic rings. The largest absolute Gasteiger partial charge is 0.329 e. The number of fused-ring (bicyclic) bond motifs is 1. The number of aromatic nitrogens is 2. The van der Waals surface area contributed by atoms with Crippen molar-refractivity contribution in [2.24, 2.45) is 0 Å². The van der Waals surface area contributed by atoms with Gasteiger partial charge in [0.05, 0.1) is 22.6 Å². The van der Waals surface area contributed by atoms with Crippen molar-refractivity contribution in [3.63, 3.8) is 0 Å². The zero-order valence-electron chi connectivity index (χ0n) is 21.8. The Bertz CT molecular complexity index is 1430. The fraction of sp³-hybridized carbons (Fsp3) is 0.323. The number of hydrogen-bond donors (Lipinski definition) is 0. The summed E-state index contributed by atoms with van der Waals surface area (Å²) < 4.78 is 15.3. The standard InChI is InChI=1S/C31H34FN3O2/c1-4-6-7-12-21-34(30(36)24-17-19-25(32)20-18-24)22(3)29-33-27-15-10-9-14-26(27)31(37)35(29)28-16-11-8-13-23(28)5-2/h8-11,13-20,22H,4-7,12,21H2,1-3H3. The number of carbonyl (C=O) groups is 1. The van der Waals surface area contributed by atoms with Gasteiger partial charge in [-0.3, -0.25) is 14.2 Å². The number of halogens is 1. The molecule has 5 nitrogen and oxygen atoms in total. The highest BCUT2D eigenvalue weighted by molar-refractivity contribution is 5.94. The van der Waals surface area contributed by atoms with E-state index in [9.17, 15) is 14.0 Å². The summed E-state index contributed by atoms with van der Waals surface area (Å²) in [5, 5.41) is 0.531. The normalized spacial score (nSPS) is 12.0. The lowest BCUT2D eigenvalue weighted by atomic mass is 10.1. The van der Waals surface area contributed by atoms with Gasteiger partial charge in [0.15, 0.2) is 0 Å². The van der Waals surface area contributed by atoms with E-state index in [4.69, 9.17) is 4.98 Å². The number of para-hydroxylation sites is 2. The van der Waals surface area contributed by atoms with E-state index in [1.165, 1.54) is 24.3 Å². The van der Waals surface area contributed by atoms with Gasteiger partial charge in [0.25, 0.3) is 11.5 Å². The highest BCUT2D eigenvalue weighted by Gasteiger charge is 2.28. The Morgan fingerprint density at radius 2 is 1.65 bits per heavy atom. The lowest BCUT2D eigenvalue weighted by molar-refractivity contribution is 0.0677. The average molecular weight is 500 g/mol. The molecule has 1 heterocycles. The van der Waals surface area contributed by atoms with Crippen LogP contribution in [0, 0.1) is 5.82 Å². The Kier molecular flexibility index (Phi) is 8.49. The van der Waals surface area contributed by atoms with Crippen LogP contribution in [-0.2, 0) is 6.42 Å². The van der Waals surface area contributed by atoms with Crippen LogP contribution in [0.4, 0.5) is 4.39 Å². The molecule has 0 spiro atoms. The number of hydrogen-bond acceptors (Lipinski definition) is 3. The molecule has 0 saturated heterocycles. The monoisotopic (exact) mass is 499 g/mol. The van der Waals surface area contributed by atoms with E-state index < -0.39 is 6.04 Å². The highest BCUT2D eigenvalue weighted by Crippen LogP contribution is 2.26. The molecule has 0 radical (unpaired) electrons. The molecular formula is C31H34FN3O2. The number of amides is 1. The van der Waals surface area contributed by atoms with E-state index in [0.29, 0.717) is 28.8 Å². The van der Waals surface area contributed by atoms with Gasteiger partial charge in [-0.2, -0.15) is 0 Å². The van der Waals surface area contributed by atoms with Crippen molar-refractivity contribution >= 4 is 16.8 Å². The summed E-state index contributed by atoms with van der Waals surface area (Å²) in [6, 6.07) is 20.3. The summed E-state index contributed by atoms with van der Waals surface area (Å²) in [6.45, 7) is 6.63. The smallest absolute Gasteiger partial charge is 0.266 e. The van der Waals surface area contributed by atoms with Crippen molar-refractivity contribution in [1.82, 2.24) is 14.5 Å². The maximum atomic E-state index is 13.9. The van der Waals surface area contributed by atoms with Crippen molar-refractivity contribution in [2.75, 3.05) is 6.54 Å². The Balaban J connectivity index is 1.88. The summed E-state index contributed by atoms with van der Waals surface area (Å²) in [5.74, 6) is -0.0856. The number of unbranched alkanes of at least 4 members (excludes halogenated alkanes) is 3. The number of carbonyl (C=O) groups excluding carboxylic acids is 1. The first-order valence-corrected chi connectivity index (χ1v) is 13.1. The molecule has 1 aromatic heterocycles. The molecule has 3 aromatic carbocycles. The summed E-state index contributed by atoms with van der Waals surface area (Å²) in [7, 11) is 0. The summed E-state index contributed by atoms with van der Waals surface area (Å²) in [5.41, 5.74) is 2.64. The zero-order chi connectivity index (χ0) is 26.4. The fourth-order valence-corrected chi connectivity index (χ4v) is 4.77. The Labute approximate surface area is 217 Å². The fourth-order valence-electron chi connectivity index (χ4n) is 4.77. The number of rotatable bonds is 10. The van der Waals surface area contributed by atoms with Crippen LogP contribution in [0.3, 0.4) is 0 Å². The number of benzene rings is 3. The van der Waals surface area contributed by atoms with Gasteiger partial charge in [-0.25, -0.2) is 9.37 Å². The van der Waals surface area contributed by atoms with E-state index in [2.05, 4.69) is 13.8 Å². The minimum atomic E-state index is -0.499. The quantitative estimate of drug-likeness (QED) is 0.224. The van der Waals surface area contributed by atoms with Gasteiger partial charge in [0.1, 0.15) is 11.6 Å². The summed E-state index contributed by atoms with van der Waals surface area (Å²) in [6.07, 6.45) is 4.73. The Morgan fingerprint density at radius 1 is 0.946 bits per heavy atom. The molecule has 0 fully saturated rings. The lowest BCUT2D eigenvalue weighted by Crippen LogP contribution is -2.38. The van der Waals surface area contributed by atoms with Crippen LogP contribution in [0.1, 0.15) is 74.2 Å². The third-order valence-electron chi connectivity index (χ3n) is 6.86. The minimum absolute atomic E-state index is 0.159. The zero-order valence-corrected chi connectivity index (χ0v) is 21.8. The van der Waals surface area contributed by atoms with Gasteiger partial charge in [0.2, 0.25) is 0 Å². The van der Waals surface area contributed by atoms with Crippen molar-refractivity contribution in [1.29, 1.82) is 0 Å². The predicted molar refractivity (Wildman–Crippen MR) is 147 cm³/mol. The molecule has 0 bridgehead atoms. The SMILES string of the molecule is CCCCCCN(C(=O)c1ccc(F)cc1)C(C)c1nc2ccccc2c(=O)n1-c1ccccc1CC. The number of nitrogens with zero attached hydrogens (tertiary/aromatic N) is 3. The van der Waals surface area contributed by atoms with Gasteiger partial charge < -0.3 is 4.90 Å². The van der Waals surface area contributed by atoms with Crippen LogP contribution in [-0.4, -0.2) is 26.9 Å². The highest BCUT2D eigenvalue weighted by atomic mass is 19.1. The molecule has 0 aliphatic rings. The summed E-state index contributed by atoms with van der Waals surface area (Å²) >= 11 is 0. The second-order valence-electron chi connectivity index (χ2n) is 9.35. The molecule has 0 aliphatic heterocycles. The van der Waals surface area contributed by atoms with E-state index >= 15 is 0 Å². The van der Waals surface area contributed by atoms with E-state index in [1.54, 1.807) is 15.5 Å². The van der Waals surface area contributed by atoms with Gasteiger partial charge >= 0.3 is 0 Å². The van der Waals surface area contributed by atoms with Crippen molar-refractivity contribution in [2.45, 2.75) is 58.9 Å². The lowest BCUT2D eigenvalue weighted by Gasteiger charge is -2.31. The van der Waals surface area contributed by atoms with E-state index in [-0.39, 0.29) is 17.3 Å². The topological polar surface area (TPSA) is 55.2 Å². The van der Waals surface area contributed by atoms with Crippen molar-refractivity contribution < 1.29 is 9.18 Å². The Morgan fingerprint density at radius 3 is 2.38 bits per heavy atom. The van der Waals surface area contributed by atoms with Gasteiger partial charge in [0, 0.05) is 12.1 Å². The summed E-state index contributed by atoms with van der Waals surface area (Å²) in [4.78, 5) is 34.4. The second kappa shape index (κ2) is 12.0. The van der Waals surface area contributed by atoms with E-state index in [0.717, 1.165) is 43.4 Å². The maximum absolute atomic E-state index is 13.9. The molecule has 1 unspecified atom stereocenters. The molecule has 1 atom stereocenters. The van der Waals surface area contributed by atoms with Crippen molar-refractivity contribution in [3.05, 3.63) is 106 Å². The predicted octanol–water partition coefficient (Wildman–Crippen LogP) is 6.87. The van der Waals surface area contributed by atoms with Gasteiger partial charge in [-0.05, 0) is 67.8 Å². The second-order valence-corrected chi connectivity index (χ2v) is 9.35. The molecule has 4 rings (SSSR count). The van der Waals surface area contributed by atoms with Crippen LogP contribution >= 0.6 is 0 Å². The molecule has 192 valence electrons. The van der Waals surface area contributed by atoms with Crippen LogP contribution in [0.15, 0.2) is 77.6 Å². The molecule has 37 heavy (non-hydrogen) atoms. The third-order valence-corrected chi connectivity index (χ3v) is 6.86. The minimum Gasteiger partial charge on any atom is -0.329 e. The molecule has 1 amide bonds. The molecule has 0 N–H and O–H groups in total. The maximum Gasteiger partial charge on any atom is 0.266 e. The number of aryl methyl sites for hydroxylation is 1. The van der Waals surface area contributed by atoms with Crippen molar-refractivity contribution in [3.8, 4) is 5.69 Å². The van der Waals surface area contributed by atoms with Crippen LogP contribution in [0.5, 0.6) is 0 Å². The first kappa shape index (κ1) is 26.3. The van der Waals surface area contributed by atoms with Gasteiger partial charge in [-0.15, -0.1) is 0 Å². The Hall–Kier alpha value is -3.80. The van der Waals surface area contributed by atoms with Crippen LogP contribution in [0.25, 0.3) is 16.6 Å². The van der Waals surface area contributed by atoms with Crippen LogP contribution in [0.2, 0.25) is 0 Å². The molecular weight excluding hydrogens is 465 g/mol. The first-order valence-electron chi connectivity index (χ1n) is 13.1. The molecule has 0 saturated carbocycles.